The molecule has 7 rings (SSSR count). The lowest BCUT2D eigenvalue weighted by Gasteiger charge is -2.30. The van der Waals surface area contributed by atoms with Crippen LogP contribution in [0.15, 0.2) is 65.7 Å². The average molecular weight is 595 g/mol. The monoisotopic (exact) mass is 594 g/mol. The largest absolute Gasteiger partial charge is 0.353 e. The molecule has 0 bridgehead atoms. The van der Waals surface area contributed by atoms with Gasteiger partial charge in [0.15, 0.2) is 11.5 Å². The molecule has 2 N–H and O–H groups in total. The second kappa shape index (κ2) is 11.8. The third kappa shape index (κ3) is 6.11. The van der Waals surface area contributed by atoms with Gasteiger partial charge in [-0.3, -0.25) is 23.8 Å². The molecule has 11 nitrogen and oxygen atoms in total. The minimum absolute atomic E-state index is 0.0779. The maximum absolute atomic E-state index is 12.8. The van der Waals surface area contributed by atoms with Gasteiger partial charge in [0.2, 0.25) is 5.91 Å². The Labute approximate surface area is 254 Å². The molecule has 220 valence electrons. The van der Waals surface area contributed by atoms with Crippen LogP contribution in [0.25, 0.3) is 27.8 Å². The molecule has 5 aromatic rings. The highest BCUT2D eigenvalue weighted by Gasteiger charge is 2.25. The summed E-state index contributed by atoms with van der Waals surface area (Å²) in [6.45, 7) is 7.65. The summed E-state index contributed by atoms with van der Waals surface area (Å²) in [6.07, 6.45) is 12.6. The van der Waals surface area contributed by atoms with Crippen LogP contribution in [-0.4, -0.2) is 70.7 Å². The highest BCUT2D eigenvalue weighted by atomic mass is 32.2. The summed E-state index contributed by atoms with van der Waals surface area (Å²) in [5.41, 5.74) is 6.13. The summed E-state index contributed by atoms with van der Waals surface area (Å²) in [4.78, 5) is 29.2. The number of piperidine rings is 1. The maximum atomic E-state index is 12.8. The van der Waals surface area contributed by atoms with Crippen LogP contribution in [0.1, 0.15) is 31.9 Å². The molecular formula is C31H34N10OS. The van der Waals surface area contributed by atoms with Gasteiger partial charge in [-0.15, -0.1) is 0 Å². The molecule has 6 heterocycles. The molecule has 2 aliphatic rings. The first-order chi connectivity index (χ1) is 21.0. The molecule has 4 aromatic heterocycles. The van der Waals surface area contributed by atoms with Gasteiger partial charge in [0.25, 0.3) is 0 Å². The zero-order valence-electron chi connectivity index (χ0n) is 24.3. The van der Waals surface area contributed by atoms with E-state index in [0.29, 0.717) is 5.69 Å². The second-order valence-electron chi connectivity index (χ2n) is 11.5. The van der Waals surface area contributed by atoms with E-state index in [1.165, 1.54) is 18.6 Å². The van der Waals surface area contributed by atoms with Crippen molar-refractivity contribution >= 4 is 51.6 Å². The van der Waals surface area contributed by atoms with Gasteiger partial charge in [0, 0.05) is 48.6 Å². The van der Waals surface area contributed by atoms with Crippen LogP contribution in [-0.2, 0) is 11.3 Å². The predicted molar refractivity (Wildman–Crippen MR) is 171 cm³/mol. The number of hydrogen-bond acceptors (Lipinski definition) is 9. The fourth-order valence-corrected chi connectivity index (χ4v) is 6.77. The van der Waals surface area contributed by atoms with Gasteiger partial charge in [-0.1, -0.05) is 25.1 Å². The first kappa shape index (κ1) is 27.5. The van der Waals surface area contributed by atoms with Gasteiger partial charge < -0.3 is 10.6 Å². The number of hydrogen-bond donors (Lipinski definition) is 2. The second-order valence-corrected chi connectivity index (χ2v) is 12.5. The molecule has 0 aliphatic carbocycles. The number of imidazole rings is 1. The number of rotatable bonds is 8. The number of amides is 1. The number of pyridine rings is 1. The fourth-order valence-electron chi connectivity index (χ4n) is 5.93. The van der Waals surface area contributed by atoms with Crippen molar-refractivity contribution in [3.8, 4) is 11.3 Å². The molecule has 0 saturated carbocycles. The van der Waals surface area contributed by atoms with E-state index in [9.17, 15) is 4.79 Å². The summed E-state index contributed by atoms with van der Waals surface area (Å²) >= 11 is 1.58. The lowest BCUT2D eigenvalue weighted by molar-refractivity contribution is -0.116. The molecule has 12 heteroatoms. The summed E-state index contributed by atoms with van der Waals surface area (Å²) < 4.78 is 8.44. The SMILES string of the molecule is Cc1cn2c(-c3cnn(CC(=O)Nc4cnc5ccccc5c4)c3)cnc2c(NC2CC(CN3CCCC(C)C3)=NS2)n1. The third-order valence-electron chi connectivity index (χ3n) is 7.90. The van der Waals surface area contributed by atoms with Crippen LogP contribution in [0.5, 0.6) is 0 Å². The standard InChI is InChI=1S/C31H34N10OS/c1-20-6-5-9-39(15-20)18-25-11-29(43-38-25)37-30-31-33-14-27(41(31)16-21(2)35-30)23-12-34-40(17-23)19-28(42)36-24-10-22-7-3-4-8-26(22)32-13-24/h3-4,7-8,10,12-14,16-17,20,29H,5-6,9,11,15,18-19H2,1-2H3,(H,35,37)(H,36,42). The van der Waals surface area contributed by atoms with E-state index in [2.05, 4.69) is 32.5 Å². The summed E-state index contributed by atoms with van der Waals surface area (Å²) in [6, 6.07) is 9.73. The van der Waals surface area contributed by atoms with Gasteiger partial charge in [-0.05, 0) is 56.3 Å². The first-order valence-electron chi connectivity index (χ1n) is 14.7. The Morgan fingerprint density at radius 3 is 2.95 bits per heavy atom. The fraction of sp³-hybridized carbons (Fsp3) is 0.355. The van der Waals surface area contributed by atoms with E-state index >= 15 is 0 Å². The topological polar surface area (TPSA) is 118 Å². The zero-order chi connectivity index (χ0) is 29.3. The third-order valence-corrected chi connectivity index (χ3v) is 8.80. The number of aryl methyl sites for hydroxylation is 1. The number of nitrogens with one attached hydrogen (secondary N) is 2. The van der Waals surface area contributed by atoms with Crippen molar-refractivity contribution in [2.24, 2.45) is 10.3 Å². The number of fused-ring (bicyclic) bond motifs is 2. The normalized spacial score (nSPS) is 19.2. The first-order valence-corrected chi connectivity index (χ1v) is 15.5. The van der Waals surface area contributed by atoms with Crippen LogP contribution in [0.4, 0.5) is 11.5 Å². The molecular weight excluding hydrogens is 560 g/mol. The minimum Gasteiger partial charge on any atom is -0.353 e. The van der Waals surface area contributed by atoms with Crippen molar-refractivity contribution in [2.75, 3.05) is 30.3 Å². The molecule has 43 heavy (non-hydrogen) atoms. The van der Waals surface area contributed by atoms with E-state index < -0.39 is 0 Å². The number of nitrogens with zero attached hydrogens (tertiary/aromatic N) is 8. The number of carbonyl (C=O) groups excluding carboxylic acids is 1. The van der Waals surface area contributed by atoms with Crippen LogP contribution >= 0.6 is 11.9 Å². The van der Waals surface area contributed by atoms with Crippen molar-refractivity contribution in [3.63, 3.8) is 0 Å². The Hall–Kier alpha value is -4.29. The molecule has 2 unspecified atom stereocenters. The lowest BCUT2D eigenvalue weighted by atomic mass is 10.00. The highest BCUT2D eigenvalue weighted by molar-refractivity contribution is 7.99. The van der Waals surface area contributed by atoms with Gasteiger partial charge in [-0.25, -0.2) is 14.4 Å². The zero-order valence-corrected chi connectivity index (χ0v) is 25.1. The van der Waals surface area contributed by atoms with E-state index in [1.807, 2.05) is 60.2 Å². The van der Waals surface area contributed by atoms with Crippen LogP contribution < -0.4 is 10.6 Å². The number of benzene rings is 1. The Kier molecular flexibility index (Phi) is 7.54. The molecule has 2 aliphatic heterocycles. The highest BCUT2D eigenvalue weighted by Crippen LogP contribution is 2.30. The summed E-state index contributed by atoms with van der Waals surface area (Å²) in [7, 11) is 0. The smallest absolute Gasteiger partial charge is 0.246 e. The lowest BCUT2D eigenvalue weighted by Crippen LogP contribution is -2.38. The van der Waals surface area contributed by atoms with Crippen molar-refractivity contribution in [3.05, 3.63) is 67.0 Å². The van der Waals surface area contributed by atoms with Crippen LogP contribution in [0, 0.1) is 12.8 Å². The van der Waals surface area contributed by atoms with E-state index in [-0.39, 0.29) is 17.8 Å². The van der Waals surface area contributed by atoms with Gasteiger partial charge >= 0.3 is 0 Å². The van der Waals surface area contributed by atoms with Crippen molar-refractivity contribution in [2.45, 2.75) is 45.0 Å². The van der Waals surface area contributed by atoms with Crippen molar-refractivity contribution in [1.29, 1.82) is 0 Å². The Morgan fingerprint density at radius 1 is 1.14 bits per heavy atom. The van der Waals surface area contributed by atoms with Gasteiger partial charge in [0.05, 0.1) is 41.2 Å². The minimum atomic E-state index is -0.179. The number of para-hydroxylation sites is 1. The van der Waals surface area contributed by atoms with Crippen molar-refractivity contribution in [1.82, 2.24) is 34.0 Å². The Morgan fingerprint density at radius 2 is 2.05 bits per heavy atom. The Balaban J connectivity index is 1.02. The molecule has 1 amide bonds. The van der Waals surface area contributed by atoms with E-state index in [1.54, 1.807) is 29.0 Å². The molecule has 1 fully saturated rings. The number of aromatic nitrogens is 6. The molecule has 0 radical (unpaired) electrons. The maximum Gasteiger partial charge on any atom is 0.246 e. The quantitative estimate of drug-likeness (QED) is 0.240. The van der Waals surface area contributed by atoms with Gasteiger partial charge in [0.1, 0.15) is 11.9 Å². The number of carbonyl (C=O) groups is 1. The Bertz CT molecular complexity index is 1830. The van der Waals surface area contributed by atoms with Crippen LogP contribution in [0.2, 0.25) is 0 Å². The average Bonchev–Trinajstić information content (AvgIpc) is 3.73. The number of likely N-dealkylation sites (tertiary alicyclic amines) is 1. The summed E-state index contributed by atoms with van der Waals surface area (Å²) in [5.74, 6) is 1.32. The van der Waals surface area contributed by atoms with Gasteiger partial charge in [-0.2, -0.15) is 5.10 Å². The molecule has 2 atom stereocenters. The summed E-state index contributed by atoms with van der Waals surface area (Å²) in [5, 5.41) is 12.0. The molecule has 1 aromatic carbocycles. The molecule has 1 saturated heterocycles. The van der Waals surface area contributed by atoms with E-state index in [0.717, 1.165) is 71.3 Å². The van der Waals surface area contributed by atoms with Crippen molar-refractivity contribution < 1.29 is 4.79 Å². The number of anilines is 2. The van der Waals surface area contributed by atoms with Crippen LogP contribution in [0.3, 0.4) is 0 Å². The molecule has 0 spiro atoms. The predicted octanol–water partition coefficient (Wildman–Crippen LogP) is 5.05. The van der Waals surface area contributed by atoms with E-state index in [4.69, 9.17) is 14.4 Å².